The lowest BCUT2D eigenvalue weighted by Crippen LogP contribution is -2.32. The molecule has 6 nitrogen and oxygen atoms in total. The Labute approximate surface area is 179 Å². The summed E-state index contributed by atoms with van der Waals surface area (Å²) in [6.07, 6.45) is 5.59. The molecule has 0 saturated carbocycles. The van der Waals surface area contributed by atoms with Crippen LogP contribution in [0.1, 0.15) is 30.5 Å². The van der Waals surface area contributed by atoms with E-state index in [2.05, 4.69) is 55.4 Å². The second-order valence-corrected chi connectivity index (χ2v) is 8.51. The number of rotatable bonds is 5. The molecule has 3 heterocycles. The fourth-order valence-electron chi connectivity index (χ4n) is 3.91. The van der Waals surface area contributed by atoms with E-state index in [0.717, 1.165) is 51.2 Å². The molecule has 0 spiro atoms. The Hall–Kier alpha value is -3.19. The normalized spacial score (nSPS) is 14.6. The third-order valence-electron chi connectivity index (χ3n) is 5.39. The maximum Gasteiger partial charge on any atom is 0.204 e. The summed E-state index contributed by atoms with van der Waals surface area (Å²) in [7, 11) is 0. The van der Waals surface area contributed by atoms with Crippen LogP contribution in [-0.4, -0.2) is 34.1 Å². The summed E-state index contributed by atoms with van der Waals surface area (Å²) in [5.74, 6) is 1.12. The number of fused-ring (bicyclic) bond motifs is 1. The minimum atomic E-state index is 0.792. The first-order valence-corrected chi connectivity index (χ1v) is 11.2. The number of piperidine rings is 1. The van der Waals surface area contributed by atoms with Crippen LogP contribution in [-0.2, 0) is 0 Å². The second kappa shape index (κ2) is 8.28. The van der Waals surface area contributed by atoms with Crippen molar-refractivity contribution in [2.24, 2.45) is 5.10 Å². The topological polar surface area (TPSA) is 58.3 Å². The van der Waals surface area contributed by atoms with Gasteiger partial charge in [-0.3, -0.25) is 5.43 Å². The minimum absolute atomic E-state index is 0.792. The molecule has 4 aromatic rings. The number of para-hydroxylation sites is 2. The van der Waals surface area contributed by atoms with Gasteiger partial charge in [0, 0.05) is 13.1 Å². The third-order valence-corrected chi connectivity index (χ3v) is 6.33. The highest BCUT2D eigenvalue weighted by atomic mass is 32.1. The molecule has 1 aliphatic heterocycles. The summed E-state index contributed by atoms with van der Waals surface area (Å²) < 4.78 is 3.21. The molecule has 30 heavy (non-hydrogen) atoms. The van der Waals surface area contributed by atoms with Crippen LogP contribution < -0.4 is 10.3 Å². The van der Waals surface area contributed by atoms with E-state index in [1.165, 1.54) is 19.3 Å². The first-order chi connectivity index (χ1) is 14.8. The van der Waals surface area contributed by atoms with Crippen molar-refractivity contribution >= 4 is 38.7 Å². The highest BCUT2D eigenvalue weighted by Gasteiger charge is 2.22. The molecule has 1 N–H and O–H groups in total. The van der Waals surface area contributed by atoms with Gasteiger partial charge in [-0.1, -0.05) is 41.7 Å². The molecule has 0 amide bonds. The van der Waals surface area contributed by atoms with E-state index in [-0.39, 0.29) is 0 Å². The quantitative estimate of drug-likeness (QED) is 0.358. The van der Waals surface area contributed by atoms with Gasteiger partial charge in [-0.2, -0.15) is 10.2 Å². The molecular weight excluding hydrogens is 392 g/mol. The van der Waals surface area contributed by atoms with E-state index in [9.17, 15) is 0 Å². The van der Waals surface area contributed by atoms with Gasteiger partial charge in [0.15, 0.2) is 0 Å². The zero-order chi connectivity index (χ0) is 20.3. The average molecular weight is 417 g/mol. The van der Waals surface area contributed by atoms with Crippen molar-refractivity contribution < 1.29 is 0 Å². The SMILES string of the molecule is Cc1nn(-c2ccccc2)c(N2CCCCC2)c1/C=N/Nc1nc2ccccc2s1. The predicted octanol–water partition coefficient (Wildman–Crippen LogP) is 5.23. The number of benzene rings is 2. The Morgan fingerprint density at radius 2 is 1.77 bits per heavy atom. The Kier molecular flexibility index (Phi) is 5.19. The number of thiazole rings is 1. The van der Waals surface area contributed by atoms with Gasteiger partial charge in [-0.15, -0.1) is 0 Å². The fraction of sp³-hybridized carbons (Fsp3) is 0.261. The molecule has 2 aromatic carbocycles. The largest absolute Gasteiger partial charge is 0.356 e. The third kappa shape index (κ3) is 3.68. The first-order valence-electron chi connectivity index (χ1n) is 10.3. The summed E-state index contributed by atoms with van der Waals surface area (Å²) in [5, 5.41) is 10.2. The lowest BCUT2D eigenvalue weighted by atomic mass is 10.1. The van der Waals surface area contributed by atoms with Gasteiger partial charge in [-0.25, -0.2) is 9.67 Å². The predicted molar refractivity (Wildman–Crippen MR) is 125 cm³/mol. The Balaban J connectivity index is 1.48. The standard InChI is InChI=1S/C23H24N6S/c1-17-19(16-24-26-23-25-20-12-6-7-13-21(20)30-23)22(28-14-8-3-9-15-28)29(27-17)18-10-4-2-5-11-18/h2,4-7,10-13,16H,3,8-9,14-15H2,1H3,(H,25,26)/b24-16+. The van der Waals surface area contributed by atoms with Crippen LogP contribution in [0.5, 0.6) is 0 Å². The van der Waals surface area contributed by atoms with E-state index in [4.69, 9.17) is 5.10 Å². The number of hydrogen-bond acceptors (Lipinski definition) is 6. The van der Waals surface area contributed by atoms with Gasteiger partial charge in [0.05, 0.1) is 33.4 Å². The molecular formula is C23H24N6S. The van der Waals surface area contributed by atoms with E-state index in [1.807, 2.05) is 37.4 Å². The maximum absolute atomic E-state index is 4.86. The lowest BCUT2D eigenvalue weighted by Gasteiger charge is -2.29. The van der Waals surface area contributed by atoms with Crippen molar-refractivity contribution in [3.05, 3.63) is 65.9 Å². The highest BCUT2D eigenvalue weighted by molar-refractivity contribution is 7.22. The molecule has 152 valence electrons. The Bertz CT molecular complexity index is 1140. The zero-order valence-electron chi connectivity index (χ0n) is 17.0. The van der Waals surface area contributed by atoms with Gasteiger partial charge in [-0.05, 0) is 50.5 Å². The van der Waals surface area contributed by atoms with Gasteiger partial charge in [0.1, 0.15) is 5.82 Å². The van der Waals surface area contributed by atoms with Crippen LogP contribution in [0, 0.1) is 6.92 Å². The van der Waals surface area contributed by atoms with Crippen LogP contribution in [0.15, 0.2) is 59.7 Å². The molecule has 0 unspecified atom stereocenters. The van der Waals surface area contributed by atoms with Crippen LogP contribution in [0.3, 0.4) is 0 Å². The van der Waals surface area contributed by atoms with Gasteiger partial charge < -0.3 is 4.90 Å². The van der Waals surface area contributed by atoms with Crippen LogP contribution in [0.4, 0.5) is 10.9 Å². The van der Waals surface area contributed by atoms with Crippen LogP contribution >= 0.6 is 11.3 Å². The fourth-order valence-corrected chi connectivity index (χ4v) is 4.73. The number of hydrazone groups is 1. The molecule has 7 heteroatoms. The van der Waals surface area contributed by atoms with Crippen molar-refractivity contribution in [1.29, 1.82) is 0 Å². The van der Waals surface area contributed by atoms with Crippen molar-refractivity contribution in [2.75, 3.05) is 23.4 Å². The van der Waals surface area contributed by atoms with Gasteiger partial charge in [0.25, 0.3) is 0 Å². The molecule has 5 rings (SSSR count). The molecule has 0 radical (unpaired) electrons. The second-order valence-electron chi connectivity index (χ2n) is 7.47. The lowest BCUT2D eigenvalue weighted by molar-refractivity contribution is 0.567. The minimum Gasteiger partial charge on any atom is -0.356 e. The summed E-state index contributed by atoms with van der Waals surface area (Å²) >= 11 is 1.60. The summed E-state index contributed by atoms with van der Waals surface area (Å²) in [5.41, 5.74) is 7.19. The van der Waals surface area contributed by atoms with E-state index in [0.29, 0.717) is 0 Å². The van der Waals surface area contributed by atoms with E-state index < -0.39 is 0 Å². The van der Waals surface area contributed by atoms with E-state index in [1.54, 1.807) is 11.3 Å². The zero-order valence-corrected chi connectivity index (χ0v) is 17.8. The molecule has 0 aliphatic carbocycles. The highest BCUT2D eigenvalue weighted by Crippen LogP contribution is 2.29. The summed E-state index contributed by atoms with van der Waals surface area (Å²) in [4.78, 5) is 7.03. The van der Waals surface area contributed by atoms with Crippen LogP contribution in [0.2, 0.25) is 0 Å². The molecule has 1 fully saturated rings. The van der Waals surface area contributed by atoms with Crippen molar-refractivity contribution in [2.45, 2.75) is 26.2 Å². The van der Waals surface area contributed by atoms with Crippen molar-refractivity contribution in [3.8, 4) is 5.69 Å². The van der Waals surface area contributed by atoms with Crippen LogP contribution in [0.25, 0.3) is 15.9 Å². The number of hydrogen-bond donors (Lipinski definition) is 1. The number of aryl methyl sites for hydroxylation is 1. The molecule has 0 atom stereocenters. The summed E-state index contributed by atoms with van der Waals surface area (Å²) in [6, 6.07) is 18.4. The molecule has 2 aromatic heterocycles. The smallest absolute Gasteiger partial charge is 0.204 e. The van der Waals surface area contributed by atoms with Gasteiger partial charge >= 0.3 is 0 Å². The Morgan fingerprint density at radius 1 is 1.00 bits per heavy atom. The molecule has 1 aliphatic rings. The number of aromatic nitrogens is 3. The van der Waals surface area contributed by atoms with E-state index >= 15 is 0 Å². The van der Waals surface area contributed by atoms with Gasteiger partial charge in [0.2, 0.25) is 5.13 Å². The molecule has 0 bridgehead atoms. The van der Waals surface area contributed by atoms with Crippen molar-refractivity contribution in [1.82, 2.24) is 14.8 Å². The van der Waals surface area contributed by atoms with Crippen molar-refractivity contribution in [3.63, 3.8) is 0 Å². The maximum atomic E-state index is 4.86. The monoisotopic (exact) mass is 416 g/mol. The summed E-state index contributed by atoms with van der Waals surface area (Å²) in [6.45, 7) is 4.14. The first kappa shape index (κ1) is 18.8. The number of nitrogens with one attached hydrogen (secondary N) is 1. The Morgan fingerprint density at radius 3 is 2.57 bits per heavy atom. The average Bonchev–Trinajstić information content (AvgIpc) is 3.36. The molecule has 1 saturated heterocycles. The number of anilines is 2. The number of nitrogens with zero attached hydrogens (tertiary/aromatic N) is 5.